The number of halogens is 1. The molecule has 0 unspecified atom stereocenters. The van der Waals surface area contributed by atoms with Crippen LogP contribution in [0.25, 0.3) is 5.78 Å². The molecule has 7 heteroatoms. The third kappa shape index (κ3) is 2.45. The van der Waals surface area contributed by atoms with Gasteiger partial charge in [-0.25, -0.2) is 0 Å². The minimum Gasteiger partial charge on any atom is -0.358 e. The van der Waals surface area contributed by atoms with E-state index in [1.165, 1.54) is 32.3 Å². The van der Waals surface area contributed by atoms with Gasteiger partial charge in [-0.2, -0.15) is 19.6 Å². The molecular weight excluding hydrogens is 276 g/mol. The summed E-state index contributed by atoms with van der Waals surface area (Å²) in [5, 5.41) is 4.74. The van der Waals surface area contributed by atoms with Gasteiger partial charge in [0.2, 0.25) is 0 Å². The van der Waals surface area contributed by atoms with E-state index in [0.29, 0.717) is 10.9 Å². The molecule has 0 amide bonds. The van der Waals surface area contributed by atoms with Crippen LogP contribution < -0.4 is 4.90 Å². The van der Waals surface area contributed by atoms with Crippen molar-refractivity contribution in [3.8, 4) is 0 Å². The largest absolute Gasteiger partial charge is 0.358 e. The molecule has 0 atom stereocenters. The van der Waals surface area contributed by atoms with Gasteiger partial charge in [0.15, 0.2) is 0 Å². The summed E-state index contributed by atoms with van der Waals surface area (Å²) < 4.78 is 1.76. The van der Waals surface area contributed by atoms with Crippen molar-refractivity contribution in [1.29, 1.82) is 0 Å². The van der Waals surface area contributed by atoms with Crippen LogP contribution in [0.2, 0.25) is 5.15 Å². The zero-order valence-corrected chi connectivity index (χ0v) is 12.6. The molecule has 1 aliphatic heterocycles. The highest BCUT2D eigenvalue weighted by atomic mass is 35.5. The molecule has 1 saturated heterocycles. The van der Waals surface area contributed by atoms with E-state index in [2.05, 4.69) is 31.9 Å². The molecule has 0 radical (unpaired) electrons. The molecule has 2 aromatic rings. The fourth-order valence-corrected chi connectivity index (χ4v) is 2.90. The number of nitrogens with zero attached hydrogens (tertiary/aromatic N) is 6. The number of likely N-dealkylation sites (N-methyl/N-ethyl adjacent to an activating group) is 1. The smallest absolute Gasteiger partial charge is 0.255 e. The molecule has 0 aliphatic carbocycles. The number of anilines is 1. The first-order valence-electron chi connectivity index (χ1n) is 6.96. The highest BCUT2D eigenvalue weighted by molar-refractivity contribution is 6.30. The third-order valence-electron chi connectivity index (χ3n) is 3.89. The molecule has 0 saturated carbocycles. The molecule has 0 N–H and O–H groups in total. The molecule has 3 heterocycles. The fourth-order valence-electron chi connectivity index (χ4n) is 2.74. The lowest BCUT2D eigenvalue weighted by atomic mass is 10.3. The van der Waals surface area contributed by atoms with Crippen LogP contribution in [0, 0.1) is 6.92 Å². The van der Waals surface area contributed by atoms with E-state index in [4.69, 9.17) is 11.6 Å². The summed E-state index contributed by atoms with van der Waals surface area (Å²) in [4.78, 5) is 13.0. The lowest BCUT2D eigenvalue weighted by Gasteiger charge is -2.24. The van der Waals surface area contributed by atoms with Gasteiger partial charge >= 0.3 is 0 Å². The Balaban J connectivity index is 1.84. The normalized spacial score (nSPS) is 16.1. The van der Waals surface area contributed by atoms with E-state index in [0.717, 1.165) is 24.5 Å². The molecule has 20 heavy (non-hydrogen) atoms. The maximum absolute atomic E-state index is 6.19. The van der Waals surface area contributed by atoms with E-state index in [1.54, 1.807) is 4.52 Å². The van der Waals surface area contributed by atoms with E-state index in [9.17, 15) is 0 Å². The second-order valence-corrected chi connectivity index (χ2v) is 5.65. The van der Waals surface area contributed by atoms with Gasteiger partial charge in [-0.05, 0) is 32.9 Å². The number of aromatic nitrogens is 4. The van der Waals surface area contributed by atoms with Crippen molar-refractivity contribution in [3.05, 3.63) is 17.0 Å². The summed E-state index contributed by atoms with van der Waals surface area (Å²) >= 11 is 6.19. The summed E-state index contributed by atoms with van der Waals surface area (Å²) in [6.07, 6.45) is 4.14. The summed E-state index contributed by atoms with van der Waals surface area (Å²) in [6.45, 7) is 6.39. The minimum absolute atomic E-state index is 0.494. The fraction of sp³-hybridized carbons (Fsp3) is 0.615. The Bertz CT molecular complexity index is 604. The van der Waals surface area contributed by atoms with Crippen molar-refractivity contribution in [2.24, 2.45) is 0 Å². The van der Waals surface area contributed by atoms with Crippen molar-refractivity contribution in [3.63, 3.8) is 0 Å². The molecule has 3 rings (SSSR count). The van der Waals surface area contributed by atoms with E-state index in [-0.39, 0.29) is 0 Å². The van der Waals surface area contributed by atoms with Gasteiger partial charge in [0.05, 0.1) is 0 Å². The van der Waals surface area contributed by atoms with Gasteiger partial charge in [-0.1, -0.05) is 11.6 Å². The Kier molecular flexibility index (Phi) is 3.76. The first-order valence-corrected chi connectivity index (χ1v) is 7.34. The second kappa shape index (κ2) is 5.54. The van der Waals surface area contributed by atoms with Crippen LogP contribution in [0.15, 0.2) is 6.33 Å². The average Bonchev–Trinajstić information content (AvgIpc) is 3.08. The van der Waals surface area contributed by atoms with E-state index in [1.807, 2.05) is 6.92 Å². The van der Waals surface area contributed by atoms with E-state index < -0.39 is 0 Å². The van der Waals surface area contributed by atoms with Gasteiger partial charge in [-0.3, -0.25) is 0 Å². The van der Waals surface area contributed by atoms with Crippen LogP contribution in [0.4, 0.5) is 5.82 Å². The Morgan fingerprint density at radius 2 is 2.10 bits per heavy atom. The molecule has 0 aromatic carbocycles. The van der Waals surface area contributed by atoms with Crippen LogP contribution in [0.5, 0.6) is 0 Å². The molecule has 6 nitrogen and oxygen atoms in total. The number of hydrogen-bond donors (Lipinski definition) is 0. The number of rotatable bonds is 4. The van der Waals surface area contributed by atoms with E-state index >= 15 is 0 Å². The number of hydrogen-bond acceptors (Lipinski definition) is 5. The monoisotopic (exact) mass is 294 g/mol. The average molecular weight is 295 g/mol. The van der Waals surface area contributed by atoms with Crippen LogP contribution in [0.3, 0.4) is 0 Å². The maximum atomic E-state index is 6.19. The number of fused-ring (bicyclic) bond motifs is 1. The quantitative estimate of drug-likeness (QED) is 0.802. The van der Waals surface area contributed by atoms with Gasteiger partial charge < -0.3 is 9.80 Å². The predicted molar refractivity (Wildman–Crippen MR) is 79.5 cm³/mol. The van der Waals surface area contributed by atoms with Gasteiger partial charge in [-0.15, -0.1) is 0 Å². The summed E-state index contributed by atoms with van der Waals surface area (Å²) in [7, 11) is 2.07. The van der Waals surface area contributed by atoms with Gasteiger partial charge in [0.1, 0.15) is 17.3 Å². The maximum Gasteiger partial charge on any atom is 0.255 e. The summed E-state index contributed by atoms with van der Waals surface area (Å²) in [5.74, 6) is 1.51. The standard InChI is InChI=1S/C13H19ClN6/c1-10-11(14)17-13-15-9-16-20(13)12(10)18(2)7-8-19-5-3-4-6-19/h9H,3-8H2,1-2H3. The summed E-state index contributed by atoms with van der Waals surface area (Å²) in [6, 6.07) is 0. The van der Waals surface area contributed by atoms with Crippen molar-refractivity contribution >= 4 is 23.2 Å². The van der Waals surface area contributed by atoms with Gasteiger partial charge in [0, 0.05) is 25.7 Å². The Morgan fingerprint density at radius 3 is 2.85 bits per heavy atom. The molecule has 0 bridgehead atoms. The number of likely N-dealkylation sites (tertiary alicyclic amines) is 1. The van der Waals surface area contributed by atoms with Crippen LogP contribution in [0.1, 0.15) is 18.4 Å². The van der Waals surface area contributed by atoms with Crippen LogP contribution >= 0.6 is 11.6 Å². The van der Waals surface area contributed by atoms with Crippen molar-refractivity contribution in [1.82, 2.24) is 24.5 Å². The lowest BCUT2D eigenvalue weighted by Crippen LogP contribution is -2.33. The van der Waals surface area contributed by atoms with Crippen LogP contribution in [-0.4, -0.2) is 57.7 Å². The lowest BCUT2D eigenvalue weighted by molar-refractivity contribution is 0.346. The highest BCUT2D eigenvalue weighted by Crippen LogP contribution is 2.24. The molecule has 1 fully saturated rings. The van der Waals surface area contributed by atoms with Crippen molar-refractivity contribution in [2.45, 2.75) is 19.8 Å². The Morgan fingerprint density at radius 1 is 1.35 bits per heavy atom. The molecule has 2 aromatic heterocycles. The predicted octanol–water partition coefficient (Wildman–Crippen LogP) is 1.62. The zero-order chi connectivity index (χ0) is 14.1. The van der Waals surface area contributed by atoms with Crippen LogP contribution in [-0.2, 0) is 0 Å². The zero-order valence-electron chi connectivity index (χ0n) is 11.9. The summed E-state index contributed by atoms with van der Waals surface area (Å²) in [5.41, 5.74) is 0.939. The topological polar surface area (TPSA) is 49.6 Å². The highest BCUT2D eigenvalue weighted by Gasteiger charge is 2.17. The molecular formula is C13H19ClN6. The Hall–Kier alpha value is -1.40. The SMILES string of the molecule is Cc1c(Cl)nc2ncnn2c1N(C)CCN1CCCC1. The van der Waals surface area contributed by atoms with Crippen molar-refractivity contribution in [2.75, 3.05) is 38.1 Å². The minimum atomic E-state index is 0.494. The van der Waals surface area contributed by atoms with Gasteiger partial charge in [0.25, 0.3) is 5.78 Å². The molecule has 0 spiro atoms. The third-order valence-corrected chi connectivity index (χ3v) is 4.25. The Labute approximate surface area is 123 Å². The second-order valence-electron chi connectivity index (χ2n) is 5.29. The first-order chi connectivity index (χ1) is 9.66. The first kappa shape index (κ1) is 13.6. The molecule has 1 aliphatic rings. The molecule has 108 valence electrons. The van der Waals surface area contributed by atoms with Crippen molar-refractivity contribution < 1.29 is 0 Å².